The summed E-state index contributed by atoms with van der Waals surface area (Å²) in [4.78, 5) is 22.7. The van der Waals surface area contributed by atoms with Gasteiger partial charge in [0.25, 0.3) is 0 Å². The normalized spacial score (nSPS) is 13.2. The van der Waals surface area contributed by atoms with Gasteiger partial charge in [-0.25, -0.2) is 4.79 Å². The van der Waals surface area contributed by atoms with Gasteiger partial charge in [0, 0.05) is 12.6 Å². The first-order valence-electron chi connectivity index (χ1n) is 7.50. The fraction of sp³-hybridized carbons (Fsp3) is 0.500. The summed E-state index contributed by atoms with van der Waals surface area (Å²) >= 11 is 0. The van der Waals surface area contributed by atoms with Crippen LogP contribution in [0.4, 0.5) is 4.79 Å². The van der Waals surface area contributed by atoms with E-state index in [0.717, 1.165) is 5.56 Å². The molecule has 122 valence electrons. The van der Waals surface area contributed by atoms with E-state index in [0.29, 0.717) is 19.4 Å². The number of carboxylic acid groups (broad SMARTS) is 1. The Hall–Kier alpha value is -2.08. The van der Waals surface area contributed by atoms with E-state index in [1.54, 1.807) is 6.92 Å². The number of carbonyl (C=O) groups excluding carboxylic acids is 1. The third-order valence-electron chi connectivity index (χ3n) is 3.34. The van der Waals surface area contributed by atoms with Gasteiger partial charge in [0.1, 0.15) is 12.6 Å². The molecule has 0 saturated heterocycles. The molecular weight excluding hydrogens is 284 g/mol. The average molecular weight is 308 g/mol. The molecule has 1 rings (SSSR count). The summed E-state index contributed by atoms with van der Waals surface area (Å²) in [5.74, 6) is -0.885. The zero-order valence-electron chi connectivity index (χ0n) is 13.0. The SMILES string of the molecule is CC[C@@H](CN[C@@H](CC)C(=O)O)NC(=O)OCc1ccccc1. The number of hydrogen-bond acceptors (Lipinski definition) is 4. The molecule has 0 aliphatic heterocycles. The number of aliphatic carboxylic acids is 1. The minimum absolute atomic E-state index is 0.170. The van der Waals surface area contributed by atoms with Gasteiger partial charge in [-0.2, -0.15) is 0 Å². The third kappa shape index (κ3) is 6.58. The van der Waals surface area contributed by atoms with Gasteiger partial charge >= 0.3 is 12.1 Å². The molecule has 0 fully saturated rings. The molecule has 1 amide bonds. The van der Waals surface area contributed by atoms with Crippen molar-refractivity contribution in [3.8, 4) is 0 Å². The number of nitrogens with one attached hydrogen (secondary N) is 2. The molecule has 6 heteroatoms. The quantitative estimate of drug-likeness (QED) is 0.650. The molecule has 0 saturated carbocycles. The Morgan fingerprint density at radius 3 is 2.41 bits per heavy atom. The molecule has 6 nitrogen and oxygen atoms in total. The molecule has 2 atom stereocenters. The summed E-state index contributed by atoms with van der Waals surface area (Å²) in [5.41, 5.74) is 0.917. The van der Waals surface area contributed by atoms with Crippen molar-refractivity contribution in [1.82, 2.24) is 10.6 Å². The van der Waals surface area contributed by atoms with Gasteiger partial charge in [0.05, 0.1) is 0 Å². The van der Waals surface area contributed by atoms with Crippen LogP contribution in [0.3, 0.4) is 0 Å². The van der Waals surface area contributed by atoms with Crippen molar-refractivity contribution in [2.24, 2.45) is 0 Å². The molecule has 0 radical (unpaired) electrons. The summed E-state index contributed by atoms with van der Waals surface area (Å²) in [6, 6.07) is 8.65. The average Bonchev–Trinajstić information content (AvgIpc) is 2.53. The largest absolute Gasteiger partial charge is 0.480 e. The summed E-state index contributed by atoms with van der Waals surface area (Å²) in [6.07, 6.45) is 0.675. The Labute approximate surface area is 130 Å². The van der Waals surface area contributed by atoms with Gasteiger partial charge < -0.3 is 20.5 Å². The van der Waals surface area contributed by atoms with Crippen LogP contribution < -0.4 is 10.6 Å². The summed E-state index contributed by atoms with van der Waals surface area (Å²) < 4.78 is 5.15. The van der Waals surface area contributed by atoms with Crippen molar-refractivity contribution < 1.29 is 19.4 Å². The van der Waals surface area contributed by atoms with E-state index in [1.807, 2.05) is 37.3 Å². The highest BCUT2D eigenvalue weighted by atomic mass is 16.5. The molecule has 1 aromatic rings. The van der Waals surface area contributed by atoms with Crippen LogP contribution in [-0.4, -0.2) is 35.8 Å². The Morgan fingerprint density at radius 2 is 1.86 bits per heavy atom. The Kier molecular flexibility index (Phi) is 7.99. The van der Waals surface area contributed by atoms with Crippen LogP contribution in [0, 0.1) is 0 Å². The molecule has 0 bridgehead atoms. The predicted molar refractivity (Wildman–Crippen MR) is 83.6 cm³/mol. The van der Waals surface area contributed by atoms with Gasteiger partial charge in [-0.15, -0.1) is 0 Å². The fourth-order valence-electron chi connectivity index (χ4n) is 1.92. The summed E-state index contributed by atoms with van der Waals surface area (Å²) in [5, 5.41) is 14.6. The highest BCUT2D eigenvalue weighted by molar-refractivity contribution is 5.73. The number of rotatable bonds is 9. The maximum Gasteiger partial charge on any atom is 0.407 e. The van der Waals surface area contributed by atoms with Crippen molar-refractivity contribution in [1.29, 1.82) is 0 Å². The van der Waals surface area contributed by atoms with Crippen LogP contribution in [-0.2, 0) is 16.1 Å². The van der Waals surface area contributed by atoms with Gasteiger partial charge in [-0.1, -0.05) is 44.2 Å². The van der Waals surface area contributed by atoms with Crippen molar-refractivity contribution in [2.75, 3.05) is 6.54 Å². The molecule has 1 aromatic carbocycles. The zero-order valence-corrected chi connectivity index (χ0v) is 13.0. The molecule has 0 spiro atoms. The lowest BCUT2D eigenvalue weighted by Crippen LogP contribution is -2.46. The van der Waals surface area contributed by atoms with E-state index in [1.165, 1.54) is 0 Å². The molecule has 0 aromatic heterocycles. The Balaban J connectivity index is 2.35. The van der Waals surface area contributed by atoms with Crippen molar-refractivity contribution in [3.63, 3.8) is 0 Å². The minimum Gasteiger partial charge on any atom is -0.480 e. The fourth-order valence-corrected chi connectivity index (χ4v) is 1.92. The first-order valence-corrected chi connectivity index (χ1v) is 7.50. The molecule has 3 N–H and O–H groups in total. The minimum atomic E-state index is -0.885. The Bertz CT molecular complexity index is 464. The number of benzene rings is 1. The van der Waals surface area contributed by atoms with E-state index < -0.39 is 18.1 Å². The topological polar surface area (TPSA) is 87.7 Å². The molecule has 0 aliphatic rings. The number of alkyl carbamates (subject to hydrolysis) is 1. The number of hydrogen-bond donors (Lipinski definition) is 3. The van der Waals surface area contributed by atoms with Crippen LogP contribution in [0.1, 0.15) is 32.3 Å². The van der Waals surface area contributed by atoms with Crippen LogP contribution >= 0.6 is 0 Å². The third-order valence-corrected chi connectivity index (χ3v) is 3.34. The van der Waals surface area contributed by atoms with Crippen LogP contribution in [0.5, 0.6) is 0 Å². The van der Waals surface area contributed by atoms with Crippen molar-refractivity contribution in [3.05, 3.63) is 35.9 Å². The first kappa shape index (κ1) is 18.0. The van der Waals surface area contributed by atoms with Crippen LogP contribution in [0.25, 0.3) is 0 Å². The van der Waals surface area contributed by atoms with E-state index >= 15 is 0 Å². The summed E-state index contributed by atoms with van der Waals surface area (Å²) in [7, 11) is 0. The van der Waals surface area contributed by atoms with Gasteiger partial charge in [0.2, 0.25) is 0 Å². The van der Waals surface area contributed by atoms with Crippen molar-refractivity contribution >= 4 is 12.1 Å². The second-order valence-electron chi connectivity index (χ2n) is 5.02. The number of carboxylic acids is 1. The zero-order chi connectivity index (χ0) is 16.4. The number of ether oxygens (including phenoxy) is 1. The maximum absolute atomic E-state index is 11.8. The molecule has 0 aliphatic carbocycles. The molecule has 22 heavy (non-hydrogen) atoms. The van der Waals surface area contributed by atoms with Gasteiger partial charge in [-0.05, 0) is 18.4 Å². The van der Waals surface area contributed by atoms with E-state index in [-0.39, 0.29) is 12.6 Å². The second kappa shape index (κ2) is 9.78. The highest BCUT2D eigenvalue weighted by Crippen LogP contribution is 2.01. The monoisotopic (exact) mass is 308 g/mol. The maximum atomic E-state index is 11.8. The lowest BCUT2D eigenvalue weighted by molar-refractivity contribution is -0.139. The van der Waals surface area contributed by atoms with Gasteiger partial charge in [0.15, 0.2) is 0 Å². The predicted octanol–water partition coefficient (Wildman–Crippen LogP) is 2.14. The number of carbonyl (C=O) groups is 2. The molecule has 0 unspecified atom stereocenters. The van der Waals surface area contributed by atoms with Crippen molar-refractivity contribution in [2.45, 2.75) is 45.4 Å². The molecular formula is C16H24N2O4. The Morgan fingerprint density at radius 1 is 1.18 bits per heavy atom. The number of amides is 1. The van der Waals surface area contributed by atoms with Gasteiger partial charge in [-0.3, -0.25) is 4.79 Å². The van der Waals surface area contributed by atoms with E-state index in [2.05, 4.69) is 10.6 Å². The second-order valence-corrected chi connectivity index (χ2v) is 5.02. The smallest absolute Gasteiger partial charge is 0.407 e. The highest BCUT2D eigenvalue weighted by Gasteiger charge is 2.17. The standard InChI is InChI=1S/C16H24N2O4/c1-3-13(10-17-14(4-2)15(19)20)18-16(21)22-11-12-8-6-5-7-9-12/h5-9,13-14,17H,3-4,10-11H2,1-2H3,(H,18,21)(H,19,20)/t13-,14-/m0/s1. The lowest BCUT2D eigenvalue weighted by Gasteiger charge is -2.20. The van der Waals surface area contributed by atoms with Crippen LogP contribution in [0.15, 0.2) is 30.3 Å². The first-order chi connectivity index (χ1) is 10.6. The summed E-state index contributed by atoms with van der Waals surface area (Å²) in [6.45, 7) is 4.32. The van der Waals surface area contributed by atoms with E-state index in [9.17, 15) is 9.59 Å². The van der Waals surface area contributed by atoms with Crippen LogP contribution in [0.2, 0.25) is 0 Å². The lowest BCUT2D eigenvalue weighted by atomic mass is 10.2. The molecule has 0 heterocycles. The van der Waals surface area contributed by atoms with E-state index in [4.69, 9.17) is 9.84 Å².